The van der Waals surface area contributed by atoms with Gasteiger partial charge in [-0.3, -0.25) is 19.7 Å². The zero-order valence-electron chi connectivity index (χ0n) is 17.3. The van der Waals surface area contributed by atoms with Crippen LogP contribution in [0.3, 0.4) is 0 Å². The standard InChI is InChI=1S/C24H18N2O6/c1-14-4-3-5-15(2)21(14)25-22(27)19-11-8-17(12-20(19)23(25)28)24(29)32-13-16-6-9-18(10-7-16)26(30)31/h3-12H,13H2,1-2H3. The van der Waals surface area contributed by atoms with Crippen molar-refractivity contribution in [2.75, 3.05) is 4.90 Å². The van der Waals surface area contributed by atoms with Gasteiger partial charge in [0, 0.05) is 12.1 Å². The zero-order chi connectivity index (χ0) is 23.0. The molecule has 3 aromatic rings. The Hall–Kier alpha value is -4.33. The van der Waals surface area contributed by atoms with Crippen LogP contribution in [-0.4, -0.2) is 22.7 Å². The summed E-state index contributed by atoms with van der Waals surface area (Å²) in [6.45, 7) is 3.56. The Morgan fingerprint density at radius 3 is 2.19 bits per heavy atom. The second kappa shape index (κ2) is 8.07. The van der Waals surface area contributed by atoms with Crippen LogP contribution in [0.1, 0.15) is 47.8 Å². The predicted molar refractivity (Wildman–Crippen MR) is 116 cm³/mol. The molecule has 0 bridgehead atoms. The molecule has 0 fully saturated rings. The average molecular weight is 430 g/mol. The molecular weight excluding hydrogens is 412 g/mol. The van der Waals surface area contributed by atoms with Gasteiger partial charge in [-0.05, 0) is 60.9 Å². The fraction of sp³-hybridized carbons (Fsp3) is 0.125. The summed E-state index contributed by atoms with van der Waals surface area (Å²) in [5.74, 6) is -1.60. The second-order valence-corrected chi connectivity index (χ2v) is 7.45. The van der Waals surface area contributed by atoms with E-state index in [1.807, 2.05) is 32.0 Å². The number of carbonyl (C=O) groups excluding carboxylic acids is 3. The van der Waals surface area contributed by atoms with Crippen molar-refractivity contribution in [3.8, 4) is 0 Å². The number of amides is 2. The molecule has 0 saturated carbocycles. The largest absolute Gasteiger partial charge is 0.457 e. The zero-order valence-corrected chi connectivity index (χ0v) is 17.3. The lowest BCUT2D eigenvalue weighted by molar-refractivity contribution is -0.384. The van der Waals surface area contributed by atoms with E-state index < -0.39 is 22.7 Å². The molecule has 0 atom stereocenters. The fourth-order valence-electron chi connectivity index (χ4n) is 3.68. The fourth-order valence-corrected chi connectivity index (χ4v) is 3.68. The molecule has 4 rings (SSSR count). The number of benzene rings is 3. The summed E-state index contributed by atoms with van der Waals surface area (Å²) in [4.78, 5) is 49.8. The first-order valence-electron chi connectivity index (χ1n) is 9.77. The van der Waals surface area contributed by atoms with Gasteiger partial charge >= 0.3 is 5.97 Å². The van der Waals surface area contributed by atoms with Gasteiger partial charge < -0.3 is 4.74 Å². The number of imide groups is 1. The molecule has 1 aliphatic rings. The minimum atomic E-state index is -0.670. The molecule has 0 aliphatic carbocycles. The van der Waals surface area contributed by atoms with Crippen molar-refractivity contribution < 1.29 is 24.0 Å². The highest BCUT2D eigenvalue weighted by atomic mass is 16.6. The molecule has 0 spiro atoms. The number of rotatable bonds is 5. The maximum absolute atomic E-state index is 13.1. The number of fused-ring (bicyclic) bond motifs is 1. The van der Waals surface area contributed by atoms with Crippen molar-refractivity contribution in [3.63, 3.8) is 0 Å². The van der Waals surface area contributed by atoms with Crippen LogP contribution in [0.25, 0.3) is 0 Å². The highest BCUT2D eigenvalue weighted by molar-refractivity contribution is 6.35. The summed E-state index contributed by atoms with van der Waals surface area (Å²) in [6.07, 6.45) is 0. The molecule has 1 aliphatic heterocycles. The molecule has 3 aromatic carbocycles. The van der Waals surface area contributed by atoms with Crippen LogP contribution in [0, 0.1) is 24.0 Å². The maximum atomic E-state index is 13.1. The monoisotopic (exact) mass is 430 g/mol. The number of ether oxygens (including phenoxy) is 1. The van der Waals surface area contributed by atoms with Crippen molar-refractivity contribution >= 4 is 29.2 Å². The van der Waals surface area contributed by atoms with Gasteiger partial charge in [-0.1, -0.05) is 18.2 Å². The number of nitro benzene ring substituents is 1. The van der Waals surface area contributed by atoms with Gasteiger partial charge in [0.2, 0.25) is 0 Å². The summed E-state index contributed by atoms with van der Waals surface area (Å²) in [5, 5.41) is 10.7. The molecule has 8 nitrogen and oxygen atoms in total. The van der Waals surface area contributed by atoms with E-state index in [0.29, 0.717) is 11.3 Å². The third-order valence-corrected chi connectivity index (χ3v) is 5.30. The molecule has 0 unspecified atom stereocenters. The van der Waals surface area contributed by atoms with Crippen LogP contribution in [0.5, 0.6) is 0 Å². The molecule has 8 heteroatoms. The average Bonchev–Trinajstić information content (AvgIpc) is 3.02. The number of hydrogen-bond acceptors (Lipinski definition) is 6. The molecule has 2 amide bonds. The van der Waals surface area contributed by atoms with Crippen molar-refractivity contribution in [1.82, 2.24) is 0 Å². The number of para-hydroxylation sites is 1. The van der Waals surface area contributed by atoms with Gasteiger partial charge in [0.15, 0.2) is 0 Å². The quantitative estimate of drug-likeness (QED) is 0.257. The van der Waals surface area contributed by atoms with E-state index in [-0.39, 0.29) is 29.0 Å². The number of aryl methyl sites for hydroxylation is 2. The van der Waals surface area contributed by atoms with E-state index in [1.54, 1.807) is 0 Å². The summed E-state index contributed by atoms with van der Waals surface area (Å²) in [7, 11) is 0. The third kappa shape index (κ3) is 3.62. The number of anilines is 1. The Morgan fingerprint density at radius 1 is 0.938 bits per heavy atom. The Balaban J connectivity index is 1.54. The molecule has 32 heavy (non-hydrogen) atoms. The van der Waals surface area contributed by atoms with E-state index >= 15 is 0 Å². The molecule has 1 heterocycles. The first kappa shape index (κ1) is 20.9. The van der Waals surface area contributed by atoms with Crippen molar-refractivity contribution in [2.24, 2.45) is 0 Å². The lowest BCUT2D eigenvalue weighted by atomic mass is 10.1. The second-order valence-electron chi connectivity index (χ2n) is 7.45. The number of nitro groups is 1. The molecular formula is C24H18N2O6. The minimum Gasteiger partial charge on any atom is -0.457 e. The lowest BCUT2D eigenvalue weighted by Crippen LogP contribution is -2.30. The van der Waals surface area contributed by atoms with Gasteiger partial charge in [0.05, 0.1) is 27.3 Å². The van der Waals surface area contributed by atoms with Crippen LogP contribution < -0.4 is 4.90 Å². The van der Waals surface area contributed by atoms with E-state index in [1.165, 1.54) is 42.5 Å². The first-order chi connectivity index (χ1) is 15.3. The first-order valence-corrected chi connectivity index (χ1v) is 9.77. The molecule has 0 aromatic heterocycles. The van der Waals surface area contributed by atoms with Gasteiger partial charge in [0.25, 0.3) is 17.5 Å². The Labute approximate surface area is 183 Å². The minimum absolute atomic E-state index is 0.0599. The highest BCUT2D eigenvalue weighted by Crippen LogP contribution is 2.33. The number of hydrogen-bond donors (Lipinski definition) is 0. The topological polar surface area (TPSA) is 107 Å². The third-order valence-electron chi connectivity index (χ3n) is 5.30. The summed E-state index contributed by atoms with van der Waals surface area (Å²) in [5.41, 5.74) is 3.15. The van der Waals surface area contributed by atoms with Gasteiger partial charge in [-0.25, -0.2) is 9.69 Å². The summed E-state index contributed by atoms with van der Waals surface area (Å²) in [6, 6.07) is 15.4. The molecule has 160 valence electrons. The SMILES string of the molecule is Cc1cccc(C)c1N1C(=O)c2ccc(C(=O)OCc3ccc([N+](=O)[O-])cc3)cc2C1=O. The summed E-state index contributed by atoms with van der Waals surface area (Å²) >= 11 is 0. The highest BCUT2D eigenvalue weighted by Gasteiger charge is 2.38. The number of nitrogens with zero attached hydrogens (tertiary/aromatic N) is 2. The van der Waals surface area contributed by atoms with Crippen LogP contribution in [0.15, 0.2) is 60.7 Å². The van der Waals surface area contributed by atoms with Crippen LogP contribution >= 0.6 is 0 Å². The van der Waals surface area contributed by atoms with Gasteiger partial charge in [-0.15, -0.1) is 0 Å². The van der Waals surface area contributed by atoms with Crippen molar-refractivity contribution in [1.29, 1.82) is 0 Å². The van der Waals surface area contributed by atoms with Crippen LogP contribution in [0.4, 0.5) is 11.4 Å². The predicted octanol–water partition coefficient (Wildman–Crippen LogP) is 4.37. The Morgan fingerprint density at radius 2 is 1.56 bits per heavy atom. The molecule has 0 N–H and O–H groups in total. The lowest BCUT2D eigenvalue weighted by Gasteiger charge is -2.19. The van der Waals surface area contributed by atoms with Gasteiger partial charge in [0.1, 0.15) is 6.61 Å². The Kier molecular flexibility index (Phi) is 5.28. The number of non-ortho nitro benzene ring substituents is 1. The molecule has 0 saturated heterocycles. The van der Waals surface area contributed by atoms with Crippen LogP contribution in [0.2, 0.25) is 0 Å². The number of carbonyl (C=O) groups is 3. The number of esters is 1. The van der Waals surface area contributed by atoms with E-state index in [4.69, 9.17) is 4.74 Å². The van der Waals surface area contributed by atoms with E-state index in [2.05, 4.69) is 0 Å². The van der Waals surface area contributed by atoms with Gasteiger partial charge in [-0.2, -0.15) is 0 Å². The Bertz CT molecular complexity index is 1260. The smallest absolute Gasteiger partial charge is 0.338 e. The molecule has 0 radical (unpaired) electrons. The summed E-state index contributed by atoms with van der Waals surface area (Å²) < 4.78 is 5.27. The van der Waals surface area contributed by atoms with E-state index in [9.17, 15) is 24.5 Å². The normalized spacial score (nSPS) is 12.6. The van der Waals surface area contributed by atoms with Crippen molar-refractivity contribution in [2.45, 2.75) is 20.5 Å². The van der Waals surface area contributed by atoms with E-state index in [0.717, 1.165) is 16.0 Å². The van der Waals surface area contributed by atoms with Crippen LogP contribution in [-0.2, 0) is 11.3 Å². The maximum Gasteiger partial charge on any atom is 0.338 e. The van der Waals surface area contributed by atoms with Crippen molar-refractivity contribution in [3.05, 3.63) is 104 Å².